The van der Waals surface area contributed by atoms with Crippen LogP contribution in [-0.2, 0) is 6.18 Å². The van der Waals surface area contributed by atoms with Gasteiger partial charge in [0.1, 0.15) is 6.10 Å². The Bertz CT molecular complexity index is 620. The third-order valence-corrected chi connectivity index (χ3v) is 5.09. The third-order valence-electron chi connectivity index (χ3n) is 2.76. The number of benzene rings is 1. The first kappa shape index (κ1) is 15.8. The van der Waals surface area contributed by atoms with Crippen molar-refractivity contribution < 1.29 is 18.3 Å². The average molecular weight is 386 g/mol. The number of hydrogen-bond acceptors (Lipinski definition) is 2. The van der Waals surface area contributed by atoms with Crippen LogP contribution in [0.4, 0.5) is 13.2 Å². The zero-order valence-electron chi connectivity index (χ0n) is 10.1. The molecular weight excluding hydrogens is 377 g/mol. The molecule has 0 radical (unpaired) electrons. The van der Waals surface area contributed by atoms with Gasteiger partial charge in [-0.05, 0) is 36.8 Å². The molecule has 0 saturated carbocycles. The van der Waals surface area contributed by atoms with Crippen molar-refractivity contribution >= 4 is 38.9 Å². The number of aliphatic hydroxyl groups excluding tert-OH is 1. The maximum absolute atomic E-state index is 12.7. The Labute approximate surface area is 131 Å². The van der Waals surface area contributed by atoms with E-state index in [0.29, 0.717) is 13.7 Å². The summed E-state index contributed by atoms with van der Waals surface area (Å²) in [5.74, 6) is 0. The van der Waals surface area contributed by atoms with Crippen LogP contribution in [0.5, 0.6) is 0 Å². The molecule has 0 fully saturated rings. The first-order valence-corrected chi connectivity index (χ1v) is 7.49. The summed E-state index contributed by atoms with van der Waals surface area (Å²) < 4.78 is 39.1. The molecule has 2 aromatic rings. The molecule has 108 valence electrons. The number of hydrogen-bond donors (Lipinski definition) is 1. The number of aliphatic hydroxyl groups is 1. The van der Waals surface area contributed by atoms with Crippen LogP contribution in [0, 0.1) is 6.92 Å². The number of alkyl halides is 3. The van der Waals surface area contributed by atoms with Gasteiger partial charge in [-0.2, -0.15) is 13.2 Å². The van der Waals surface area contributed by atoms with Crippen LogP contribution in [0.1, 0.15) is 27.7 Å². The average Bonchev–Trinajstić information content (AvgIpc) is 2.68. The van der Waals surface area contributed by atoms with E-state index in [0.717, 1.165) is 29.0 Å². The quantitative estimate of drug-likeness (QED) is 0.716. The van der Waals surface area contributed by atoms with E-state index < -0.39 is 17.8 Å². The van der Waals surface area contributed by atoms with Gasteiger partial charge >= 0.3 is 6.18 Å². The van der Waals surface area contributed by atoms with E-state index in [1.807, 2.05) is 0 Å². The minimum Gasteiger partial charge on any atom is -0.383 e. The maximum Gasteiger partial charge on any atom is 0.416 e. The van der Waals surface area contributed by atoms with Gasteiger partial charge in [-0.25, -0.2) is 0 Å². The van der Waals surface area contributed by atoms with Gasteiger partial charge in [0, 0.05) is 14.9 Å². The van der Waals surface area contributed by atoms with Crippen molar-refractivity contribution in [2.75, 3.05) is 0 Å². The van der Waals surface area contributed by atoms with Crippen molar-refractivity contribution in [2.24, 2.45) is 0 Å². The molecule has 1 atom stereocenters. The Morgan fingerprint density at radius 2 is 1.95 bits per heavy atom. The van der Waals surface area contributed by atoms with Gasteiger partial charge in [0.05, 0.1) is 9.90 Å². The fourth-order valence-corrected chi connectivity index (χ4v) is 3.39. The summed E-state index contributed by atoms with van der Waals surface area (Å²) in [6.07, 6.45) is -5.60. The van der Waals surface area contributed by atoms with E-state index in [4.69, 9.17) is 11.6 Å². The van der Waals surface area contributed by atoms with Crippen molar-refractivity contribution in [1.82, 2.24) is 0 Å². The minimum absolute atomic E-state index is 0.165. The standard InChI is InChI=1S/C13H9BrClF3OS/c1-6-4-10(20-12(6)15)11(19)8-5-7(13(16,17)18)2-3-9(8)14/h2-5,11,19H,1H3. The van der Waals surface area contributed by atoms with Crippen molar-refractivity contribution in [3.05, 3.63) is 54.6 Å². The van der Waals surface area contributed by atoms with Crippen LogP contribution < -0.4 is 0 Å². The van der Waals surface area contributed by atoms with Crippen LogP contribution in [-0.4, -0.2) is 5.11 Å². The second-order valence-electron chi connectivity index (χ2n) is 4.24. The summed E-state index contributed by atoms with van der Waals surface area (Å²) in [5, 5.41) is 10.3. The predicted molar refractivity (Wildman–Crippen MR) is 77.3 cm³/mol. The highest BCUT2D eigenvalue weighted by atomic mass is 79.9. The predicted octanol–water partition coefficient (Wildman–Crippen LogP) is 5.57. The summed E-state index contributed by atoms with van der Waals surface area (Å²) in [4.78, 5) is 0.507. The van der Waals surface area contributed by atoms with Crippen LogP contribution in [0.2, 0.25) is 4.34 Å². The molecule has 1 aromatic heterocycles. The van der Waals surface area contributed by atoms with E-state index in [1.54, 1.807) is 13.0 Å². The second kappa shape index (κ2) is 5.67. The monoisotopic (exact) mass is 384 g/mol. The molecule has 1 N–H and O–H groups in total. The van der Waals surface area contributed by atoms with Gasteiger partial charge in [0.15, 0.2) is 0 Å². The molecule has 1 aromatic carbocycles. The SMILES string of the molecule is Cc1cc(C(O)c2cc(C(F)(F)F)ccc2Br)sc1Cl. The molecule has 0 aliphatic carbocycles. The van der Waals surface area contributed by atoms with E-state index in [-0.39, 0.29) is 5.56 Å². The van der Waals surface area contributed by atoms with Gasteiger partial charge in [-0.3, -0.25) is 0 Å². The summed E-state index contributed by atoms with van der Waals surface area (Å²) in [6.45, 7) is 1.77. The summed E-state index contributed by atoms with van der Waals surface area (Å²) >= 11 is 10.2. The molecule has 1 unspecified atom stereocenters. The Kier molecular flexibility index (Phi) is 4.49. The molecule has 0 aliphatic heterocycles. The maximum atomic E-state index is 12.7. The van der Waals surface area contributed by atoms with Gasteiger partial charge in [-0.1, -0.05) is 27.5 Å². The fourth-order valence-electron chi connectivity index (χ4n) is 1.70. The van der Waals surface area contributed by atoms with Crippen molar-refractivity contribution in [2.45, 2.75) is 19.2 Å². The number of thiophene rings is 1. The van der Waals surface area contributed by atoms with Gasteiger partial charge in [0.2, 0.25) is 0 Å². The van der Waals surface area contributed by atoms with Crippen molar-refractivity contribution in [3.8, 4) is 0 Å². The van der Waals surface area contributed by atoms with Crippen LogP contribution in [0.25, 0.3) is 0 Å². The van der Waals surface area contributed by atoms with Crippen LogP contribution >= 0.6 is 38.9 Å². The molecule has 0 saturated heterocycles. The molecule has 0 amide bonds. The third kappa shape index (κ3) is 3.19. The second-order valence-corrected chi connectivity index (χ2v) is 6.78. The Balaban J connectivity index is 2.46. The summed E-state index contributed by atoms with van der Waals surface area (Å²) in [5.41, 5.74) is 0.153. The van der Waals surface area contributed by atoms with E-state index in [9.17, 15) is 18.3 Å². The lowest BCUT2D eigenvalue weighted by Crippen LogP contribution is -2.07. The Hall–Kier alpha value is -0.560. The van der Waals surface area contributed by atoms with Gasteiger partial charge in [-0.15, -0.1) is 11.3 Å². The number of aryl methyl sites for hydroxylation is 1. The van der Waals surface area contributed by atoms with E-state index >= 15 is 0 Å². The molecule has 1 heterocycles. The van der Waals surface area contributed by atoms with Gasteiger partial charge in [0.25, 0.3) is 0 Å². The highest BCUT2D eigenvalue weighted by Gasteiger charge is 2.32. The lowest BCUT2D eigenvalue weighted by Gasteiger charge is -2.14. The zero-order valence-corrected chi connectivity index (χ0v) is 13.3. The first-order valence-electron chi connectivity index (χ1n) is 5.50. The molecule has 0 spiro atoms. The molecule has 2 rings (SSSR count). The van der Waals surface area contributed by atoms with Crippen molar-refractivity contribution in [1.29, 1.82) is 0 Å². The normalized spacial score (nSPS) is 13.6. The van der Waals surface area contributed by atoms with Crippen LogP contribution in [0.15, 0.2) is 28.7 Å². The number of halogens is 5. The highest BCUT2D eigenvalue weighted by Crippen LogP contribution is 2.39. The molecule has 1 nitrogen and oxygen atoms in total. The summed E-state index contributed by atoms with van der Waals surface area (Å²) in [7, 11) is 0. The fraction of sp³-hybridized carbons (Fsp3) is 0.231. The molecule has 20 heavy (non-hydrogen) atoms. The van der Waals surface area contributed by atoms with E-state index in [1.165, 1.54) is 6.07 Å². The summed E-state index contributed by atoms with van der Waals surface area (Å²) in [6, 6.07) is 4.86. The lowest BCUT2D eigenvalue weighted by molar-refractivity contribution is -0.137. The van der Waals surface area contributed by atoms with Crippen LogP contribution in [0.3, 0.4) is 0 Å². The first-order chi connectivity index (χ1) is 9.20. The van der Waals surface area contributed by atoms with E-state index in [2.05, 4.69) is 15.9 Å². The molecule has 0 bridgehead atoms. The molecular formula is C13H9BrClF3OS. The van der Waals surface area contributed by atoms with Crippen molar-refractivity contribution in [3.63, 3.8) is 0 Å². The largest absolute Gasteiger partial charge is 0.416 e. The lowest BCUT2D eigenvalue weighted by atomic mass is 10.0. The Morgan fingerprint density at radius 1 is 1.30 bits per heavy atom. The minimum atomic E-state index is -4.45. The smallest absolute Gasteiger partial charge is 0.383 e. The highest BCUT2D eigenvalue weighted by molar-refractivity contribution is 9.10. The van der Waals surface area contributed by atoms with Gasteiger partial charge < -0.3 is 5.11 Å². The Morgan fingerprint density at radius 3 is 2.45 bits per heavy atom. The zero-order chi connectivity index (χ0) is 15.1. The number of rotatable bonds is 2. The molecule has 7 heteroatoms. The topological polar surface area (TPSA) is 20.2 Å². The molecule has 0 aliphatic rings.